The molecule has 156 valence electrons. The minimum absolute atomic E-state index is 0.122. The van der Waals surface area contributed by atoms with Crippen LogP contribution in [0.4, 0.5) is 0 Å². The Morgan fingerprint density at radius 3 is 2.39 bits per heavy atom. The topological polar surface area (TPSA) is 104 Å². The average Bonchev–Trinajstić information content (AvgIpc) is 3.07. The molecule has 3 N–H and O–H groups in total. The quantitative estimate of drug-likeness (QED) is 0.737. The number of nitrogens with zero attached hydrogens (tertiary/aromatic N) is 2. The number of amides is 1. The molecule has 0 spiro atoms. The summed E-state index contributed by atoms with van der Waals surface area (Å²) in [6.45, 7) is 3.38. The maximum absolute atomic E-state index is 12.8. The van der Waals surface area contributed by atoms with Gasteiger partial charge in [-0.25, -0.2) is 8.42 Å². The van der Waals surface area contributed by atoms with Crippen molar-refractivity contribution in [2.75, 3.05) is 32.4 Å². The summed E-state index contributed by atoms with van der Waals surface area (Å²) in [4.78, 5) is 14.5. The zero-order chi connectivity index (χ0) is 20.5. The maximum atomic E-state index is 12.8. The van der Waals surface area contributed by atoms with Crippen molar-refractivity contribution in [1.82, 2.24) is 9.21 Å². The second kappa shape index (κ2) is 8.10. The number of hydrogen-bond donors (Lipinski definition) is 2. The van der Waals surface area contributed by atoms with Gasteiger partial charge in [0, 0.05) is 26.2 Å². The van der Waals surface area contributed by atoms with Crippen LogP contribution >= 0.6 is 0 Å². The van der Waals surface area contributed by atoms with Gasteiger partial charge < -0.3 is 15.7 Å². The van der Waals surface area contributed by atoms with Crippen molar-refractivity contribution in [3.8, 4) is 0 Å². The molecule has 8 heteroatoms. The Morgan fingerprint density at radius 1 is 1.25 bits per heavy atom. The van der Waals surface area contributed by atoms with E-state index in [9.17, 15) is 18.3 Å². The van der Waals surface area contributed by atoms with Gasteiger partial charge in [-0.3, -0.25) is 4.79 Å². The monoisotopic (exact) mass is 409 g/mol. The number of likely N-dealkylation sites (tertiary alicyclic amines) is 1. The van der Waals surface area contributed by atoms with Crippen molar-refractivity contribution < 1.29 is 18.3 Å². The third-order valence-corrected chi connectivity index (χ3v) is 7.38. The Balaban J connectivity index is 1.54. The number of sulfonamides is 1. The molecular weight excluding hydrogens is 378 g/mol. The van der Waals surface area contributed by atoms with Crippen LogP contribution in [-0.4, -0.2) is 72.7 Å². The molecule has 7 nitrogen and oxygen atoms in total. The number of carbonyl (C=O) groups is 1. The molecule has 2 fully saturated rings. The number of benzene rings is 1. The van der Waals surface area contributed by atoms with Gasteiger partial charge in [0.15, 0.2) is 0 Å². The highest BCUT2D eigenvalue weighted by Gasteiger charge is 2.48. The molecule has 0 aromatic heterocycles. The van der Waals surface area contributed by atoms with Gasteiger partial charge in [0.2, 0.25) is 15.9 Å². The van der Waals surface area contributed by atoms with E-state index in [4.69, 9.17) is 5.73 Å². The second-order valence-corrected chi connectivity index (χ2v) is 10.4. The summed E-state index contributed by atoms with van der Waals surface area (Å²) < 4.78 is 24.6. The molecule has 2 atom stereocenters. The molecule has 1 amide bonds. The fraction of sp³-hybridized carbons (Fsp3) is 0.650. The van der Waals surface area contributed by atoms with Crippen molar-refractivity contribution in [2.45, 2.75) is 44.2 Å². The summed E-state index contributed by atoms with van der Waals surface area (Å²) in [5, 5.41) is 10.8. The normalized spacial score (nSPS) is 25.8. The van der Waals surface area contributed by atoms with E-state index in [1.54, 1.807) is 4.90 Å². The Labute approximate surface area is 167 Å². The number of carbonyl (C=O) groups excluding carboxylic acids is 1. The summed E-state index contributed by atoms with van der Waals surface area (Å²) in [6, 6.07) is 7.45. The van der Waals surface area contributed by atoms with Gasteiger partial charge in [-0.15, -0.1) is 0 Å². The van der Waals surface area contributed by atoms with Crippen LogP contribution < -0.4 is 5.73 Å². The van der Waals surface area contributed by atoms with E-state index in [2.05, 4.69) is 31.2 Å². The highest BCUT2D eigenvalue weighted by molar-refractivity contribution is 7.88. The van der Waals surface area contributed by atoms with E-state index in [0.29, 0.717) is 19.0 Å². The first-order chi connectivity index (χ1) is 13.1. The van der Waals surface area contributed by atoms with Crippen LogP contribution in [-0.2, 0) is 21.2 Å². The van der Waals surface area contributed by atoms with Crippen LogP contribution in [0.1, 0.15) is 30.4 Å². The van der Waals surface area contributed by atoms with Gasteiger partial charge in [-0.2, -0.15) is 4.31 Å². The van der Waals surface area contributed by atoms with E-state index in [-0.39, 0.29) is 25.4 Å². The molecule has 2 heterocycles. The maximum Gasteiger partial charge on any atom is 0.242 e. The van der Waals surface area contributed by atoms with E-state index in [1.807, 2.05) is 0 Å². The molecule has 0 bridgehead atoms. The van der Waals surface area contributed by atoms with Crippen LogP contribution in [0.5, 0.6) is 0 Å². The molecule has 28 heavy (non-hydrogen) atoms. The van der Waals surface area contributed by atoms with Crippen LogP contribution in [0.15, 0.2) is 24.3 Å². The predicted molar refractivity (Wildman–Crippen MR) is 108 cm³/mol. The van der Waals surface area contributed by atoms with Crippen LogP contribution in [0, 0.1) is 12.8 Å². The van der Waals surface area contributed by atoms with Crippen LogP contribution in [0.3, 0.4) is 0 Å². The van der Waals surface area contributed by atoms with Crippen molar-refractivity contribution in [1.29, 1.82) is 0 Å². The number of piperidine rings is 1. The van der Waals surface area contributed by atoms with Crippen molar-refractivity contribution in [3.63, 3.8) is 0 Å². The lowest BCUT2D eigenvalue weighted by Gasteiger charge is -2.37. The van der Waals surface area contributed by atoms with Gasteiger partial charge >= 0.3 is 0 Å². The number of β-amino-alcohol motifs (C(OH)–C–C–N with tert-alkyl or cyclic N) is 1. The summed E-state index contributed by atoms with van der Waals surface area (Å²) in [7, 11) is -3.40. The summed E-state index contributed by atoms with van der Waals surface area (Å²) >= 11 is 0. The predicted octanol–water partition coefficient (Wildman–Crippen LogP) is 0.500. The second-order valence-electron chi connectivity index (χ2n) is 8.39. The molecule has 1 aromatic rings. The Hall–Kier alpha value is -1.48. The Morgan fingerprint density at radius 2 is 1.86 bits per heavy atom. The SMILES string of the molecule is Cc1ccc(CC2CCN(C(=O)C(N)C3(O)CCN(S(C)(=O)=O)C3)CC2)cc1. The molecule has 3 rings (SSSR count). The first kappa shape index (κ1) is 21.2. The molecule has 0 saturated carbocycles. The van der Waals surface area contributed by atoms with Crippen molar-refractivity contribution in [3.05, 3.63) is 35.4 Å². The van der Waals surface area contributed by atoms with E-state index in [1.165, 1.54) is 15.4 Å². The molecule has 0 aliphatic carbocycles. The molecule has 2 saturated heterocycles. The summed E-state index contributed by atoms with van der Waals surface area (Å²) in [5.74, 6) is 0.241. The highest BCUT2D eigenvalue weighted by Crippen LogP contribution is 2.28. The molecule has 1 aromatic carbocycles. The first-order valence-corrected chi connectivity index (χ1v) is 11.7. The molecule has 2 aliphatic heterocycles. The fourth-order valence-corrected chi connectivity index (χ4v) is 5.04. The number of rotatable bonds is 5. The van der Waals surface area contributed by atoms with Gasteiger partial charge in [0.05, 0.1) is 6.26 Å². The largest absolute Gasteiger partial charge is 0.386 e. The van der Waals surface area contributed by atoms with Gasteiger partial charge in [-0.05, 0) is 44.1 Å². The number of aryl methyl sites for hydroxylation is 1. The fourth-order valence-electron chi connectivity index (χ4n) is 4.16. The minimum atomic E-state index is -3.40. The lowest BCUT2D eigenvalue weighted by Crippen LogP contribution is -2.59. The number of nitrogens with two attached hydrogens (primary N) is 1. The van der Waals surface area contributed by atoms with Crippen LogP contribution in [0.2, 0.25) is 0 Å². The first-order valence-electron chi connectivity index (χ1n) is 9.86. The van der Waals surface area contributed by atoms with Crippen molar-refractivity contribution >= 4 is 15.9 Å². The third-order valence-electron chi connectivity index (χ3n) is 6.13. The lowest BCUT2D eigenvalue weighted by atomic mass is 9.88. The minimum Gasteiger partial charge on any atom is -0.386 e. The molecule has 0 radical (unpaired) electrons. The summed E-state index contributed by atoms with van der Waals surface area (Å²) in [6.07, 6.45) is 4.09. The smallest absolute Gasteiger partial charge is 0.242 e. The Bertz CT molecular complexity index is 803. The number of aliphatic hydroxyl groups is 1. The van der Waals surface area contributed by atoms with E-state index < -0.39 is 21.7 Å². The van der Waals surface area contributed by atoms with Gasteiger partial charge in [0.1, 0.15) is 11.6 Å². The highest BCUT2D eigenvalue weighted by atomic mass is 32.2. The molecule has 2 unspecified atom stereocenters. The van der Waals surface area contributed by atoms with E-state index >= 15 is 0 Å². The number of hydrogen-bond acceptors (Lipinski definition) is 5. The average molecular weight is 410 g/mol. The standard InChI is InChI=1S/C20H31N3O4S/c1-15-3-5-16(6-4-15)13-17-7-10-22(11-8-17)19(24)18(21)20(25)9-12-23(14-20)28(2,26)27/h3-6,17-18,25H,7-14,21H2,1-2H3. The molecule has 2 aliphatic rings. The van der Waals surface area contributed by atoms with E-state index in [0.717, 1.165) is 25.5 Å². The van der Waals surface area contributed by atoms with Gasteiger partial charge in [0.25, 0.3) is 0 Å². The van der Waals surface area contributed by atoms with Gasteiger partial charge in [-0.1, -0.05) is 29.8 Å². The Kier molecular flexibility index (Phi) is 6.14. The zero-order valence-electron chi connectivity index (χ0n) is 16.7. The zero-order valence-corrected chi connectivity index (χ0v) is 17.5. The van der Waals surface area contributed by atoms with Crippen molar-refractivity contribution in [2.24, 2.45) is 11.7 Å². The lowest BCUT2D eigenvalue weighted by molar-refractivity contribution is -0.140. The summed E-state index contributed by atoms with van der Waals surface area (Å²) in [5.41, 5.74) is 7.16. The molecular formula is C20H31N3O4S. The van der Waals surface area contributed by atoms with Crippen LogP contribution in [0.25, 0.3) is 0 Å². The third kappa shape index (κ3) is 4.74.